The Balaban J connectivity index is 1.30. The SMILES string of the molecule is O=C(Cc1cc(C(F)(F)F)cc(C(F)(F)F)c1)N1CCCC(CCN2CCN(C3CCCCC3)CC2)(c2cccc(Cl)c2)C1. The van der Waals surface area contributed by atoms with Gasteiger partial charge >= 0.3 is 12.4 Å². The standard InChI is InChI=1S/C33H40ClF6N3O/c34-28-7-4-6-25(22-28)31(11-13-41-14-16-42(17-15-41)29-8-2-1-3-9-29)10-5-12-43(23-31)30(44)20-24-18-26(32(35,36)37)21-27(19-24)33(38,39)40/h4,6-7,18-19,21-22,29H,1-3,5,8-17,20,23H2. The quantitative estimate of drug-likeness (QED) is 0.288. The molecule has 0 spiro atoms. The number of carbonyl (C=O) groups excluding carboxylic acids is 1. The fourth-order valence-corrected chi connectivity index (χ4v) is 7.52. The van der Waals surface area contributed by atoms with Gasteiger partial charge in [-0.15, -0.1) is 0 Å². The van der Waals surface area contributed by atoms with E-state index >= 15 is 0 Å². The number of halogens is 7. The molecule has 1 amide bonds. The maximum absolute atomic E-state index is 13.5. The van der Waals surface area contributed by atoms with Crippen LogP contribution in [0, 0.1) is 0 Å². The molecule has 242 valence electrons. The largest absolute Gasteiger partial charge is 0.416 e. The predicted octanol–water partition coefficient (Wildman–Crippen LogP) is 7.82. The van der Waals surface area contributed by atoms with E-state index in [0.29, 0.717) is 42.7 Å². The van der Waals surface area contributed by atoms with Crippen molar-refractivity contribution < 1.29 is 31.1 Å². The van der Waals surface area contributed by atoms with Crippen molar-refractivity contribution in [2.45, 2.75) is 81.6 Å². The number of amides is 1. The van der Waals surface area contributed by atoms with Gasteiger partial charge in [-0.2, -0.15) is 26.3 Å². The molecule has 2 aromatic rings. The number of carbonyl (C=O) groups is 1. The van der Waals surface area contributed by atoms with Crippen LogP contribution in [-0.2, 0) is 29.0 Å². The highest BCUT2D eigenvalue weighted by molar-refractivity contribution is 6.30. The summed E-state index contributed by atoms with van der Waals surface area (Å²) in [4.78, 5) is 20.2. The zero-order chi connectivity index (χ0) is 31.5. The Bertz CT molecular complexity index is 1250. The number of nitrogens with zero attached hydrogens (tertiary/aromatic N) is 3. The summed E-state index contributed by atoms with van der Waals surface area (Å²) < 4.78 is 80.5. The Morgan fingerprint density at radius 2 is 1.50 bits per heavy atom. The molecular weight excluding hydrogens is 604 g/mol. The van der Waals surface area contributed by atoms with E-state index in [9.17, 15) is 31.1 Å². The van der Waals surface area contributed by atoms with Crippen LogP contribution >= 0.6 is 11.6 Å². The average molecular weight is 644 g/mol. The second-order valence-electron chi connectivity index (χ2n) is 12.7. The van der Waals surface area contributed by atoms with Gasteiger partial charge in [0.25, 0.3) is 0 Å². The molecule has 0 N–H and O–H groups in total. The van der Waals surface area contributed by atoms with Crippen molar-refractivity contribution in [1.29, 1.82) is 0 Å². The first-order valence-corrected chi connectivity index (χ1v) is 16.0. The van der Waals surface area contributed by atoms with Gasteiger partial charge in [-0.25, -0.2) is 0 Å². The third-order valence-corrected chi connectivity index (χ3v) is 10.0. The molecule has 11 heteroatoms. The van der Waals surface area contributed by atoms with Crippen molar-refractivity contribution in [3.63, 3.8) is 0 Å². The van der Waals surface area contributed by atoms with Crippen LogP contribution in [0.15, 0.2) is 42.5 Å². The van der Waals surface area contributed by atoms with Gasteiger partial charge in [0.15, 0.2) is 0 Å². The third-order valence-electron chi connectivity index (χ3n) is 9.77. The van der Waals surface area contributed by atoms with Gasteiger partial charge in [0.1, 0.15) is 0 Å². The Labute approximate surface area is 260 Å². The van der Waals surface area contributed by atoms with E-state index in [4.69, 9.17) is 11.6 Å². The number of piperidine rings is 1. The first kappa shape index (κ1) is 33.1. The van der Waals surface area contributed by atoms with Gasteiger partial charge in [-0.05, 0) is 80.1 Å². The summed E-state index contributed by atoms with van der Waals surface area (Å²) in [5.74, 6) is -0.482. The lowest BCUT2D eigenvalue weighted by atomic mass is 9.71. The second kappa shape index (κ2) is 13.6. The maximum Gasteiger partial charge on any atom is 0.416 e. The van der Waals surface area contributed by atoms with Crippen molar-refractivity contribution in [3.05, 3.63) is 69.7 Å². The zero-order valence-corrected chi connectivity index (χ0v) is 25.6. The highest BCUT2D eigenvalue weighted by Crippen LogP contribution is 2.40. The Hall–Kier alpha value is -2.30. The van der Waals surface area contributed by atoms with Crippen LogP contribution in [0.5, 0.6) is 0 Å². The molecule has 0 bridgehead atoms. The van der Waals surface area contributed by atoms with Crippen molar-refractivity contribution in [2.75, 3.05) is 45.8 Å². The van der Waals surface area contributed by atoms with Gasteiger partial charge in [-0.1, -0.05) is 43.0 Å². The van der Waals surface area contributed by atoms with E-state index in [1.165, 1.54) is 32.1 Å². The summed E-state index contributed by atoms with van der Waals surface area (Å²) in [7, 11) is 0. The lowest BCUT2D eigenvalue weighted by Crippen LogP contribution is -2.53. The molecular formula is C33H40ClF6N3O. The summed E-state index contributed by atoms with van der Waals surface area (Å²) in [6.07, 6.45) is -1.73. The molecule has 2 saturated heterocycles. The number of likely N-dealkylation sites (tertiary alicyclic amines) is 1. The van der Waals surface area contributed by atoms with Crippen LogP contribution in [0.25, 0.3) is 0 Å². The van der Waals surface area contributed by atoms with Crippen LogP contribution in [0.3, 0.4) is 0 Å². The van der Waals surface area contributed by atoms with E-state index < -0.39 is 41.2 Å². The molecule has 3 fully saturated rings. The topological polar surface area (TPSA) is 26.8 Å². The van der Waals surface area contributed by atoms with Gasteiger partial charge in [0.2, 0.25) is 5.91 Å². The minimum atomic E-state index is -4.96. The number of piperazine rings is 1. The summed E-state index contributed by atoms with van der Waals surface area (Å²) in [6.45, 7) is 5.58. The maximum atomic E-state index is 13.5. The monoisotopic (exact) mass is 643 g/mol. The van der Waals surface area contributed by atoms with Gasteiger partial charge in [0.05, 0.1) is 17.5 Å². The first-order chi connectivity index (χ1) is 20.8. The van der Waals surface area contributed by atoms with Crippen LogP contribution in [-0.4, -0.2) is 72.5 Å². The van der Waals surface area contributed by atoms with Crippen molar-refractivity contribution in [2.24, 2.45) is 0 Å². The number of hydrogen-bond donors (Lipinski definition) is 0. The molecule has 4 nitrogen and oxygen atoms in total. The molecule has 0 aromatic heterocycles. The summed E-state index contributed by atoms with van der Waals surface area (Å²) in [6, 6.07) is 9.66. The van der Waals surface area contributed by atoms with Gasteiger partial charge in [0, 0.05) is 55.7 Å². The second-order valence-corrected chi connectivity index (χ2v) is 13.2. The predicted molar refractivity (Wildman–Crippen MR) is 159 cm³/mol. The van der Waals surface area contributed by atoms with Gasteiger partial charge in [-0.3, -0.25) is 9.69 Å². The Morgan fingerprint density at radius 3 is 2.11 bits per heavy atom. The number of benzene rings is 2. The highest BCUT2D eigenvalue weighted by Gasteiger charge is 2.40. The summed E-state index contributed by atoms with van der Waals surface area (Å²) in [5, 5.41) is 0.579. The number of alkyl halides is 6. The number of hydrogen-bond acceptors (Lipinski definition) is 3. The lowest BCUT2D eigenvalue weighted by Gasteiger charge is -2.46. The molecule has 44 heavy (non-hydrogen) atoms. The average Bonchev–Trinajstić information content (AvgIpc) is 3.00. The normalized spacial score (nSPS) is 23.2. The fraction of sp³-hybridized carbons (Fsp3) is 0.606. The summed E-state index contributed by atoms with van der Waals surface area (Å²) >= 11 is 6.39. The first-order valence-electron chi connectivity index (χ1n) is 15.6. The van der Waals surface area contributed by atoms with Crippen LogP contribution in [0.2, 0.25) is 5.02 Å². The summed E-state index contributed by atoms with van der Waals surface area (Å²) in [5.41, 5.74) is -2.55. The molecule has 3 aliphatic rings. The minimum Gasteiger partial charge on any atom is -0.342 e. The smallest absolute Gasteiger partial charge is 0.342 e. The lowest BCUT2D eigenvalue weighted by molar-refractivity contribution is -0.143. The molecule has 1 saturated carbocycles. The Kier molecular flexibility index (Phi) is 10.2. The van der Waals surface area contributed by atoms with E-state index in [-0.39, 0.29) is 11.6 Å². The molecule has 2 heterocycles. The number of rotatable bonds is 7. The molecule has 1 unspecified atom stereocenters. The van der Waals surface area contributed by atoms with Crippen molar-refractivity contribution >= 4 is 17.5 Å². The van der Waals surface area contributed by atoms with Crippen molar-refractivity contribution in [1.82, 2.24) is 14.7 Å². The van der Waals surface area contributed by atoms with E-state index in [1.54, 1.807) is 11.0 Å². The van der Waals surface area contributed by atoms with E-state index in [0.717, 1.165) is 51.1 Å². The zero-order valence-electron chi connectivity index (χ0n) is 24.8. The van der Waals surface area contributed by atoms with Crippen LogP contribution in [0.1, 0.15) is 73.6 Å². The molecule has 5 rings (SSSR count). The molecule has 2 aliphatic heterocycles. The Morgan fingerprint density at radius 1 is 0.841 bits per heavy atom. The molecule has 0 radical (unpaired) electrons. The van der Waals surface area contributed by atoms with Crippen LogP contribution < -0.4 is 0 Å². The van der Waals surface area contributed by atoms with E-state index in [2.05, 4.69) is 9.80 Å². The highest BCUT2D eigenvalue weighted by atomic mass is 35.5. The third kappa shape index (κ3) is 8.10. The molecule has 1 atom stereocenters. The van der Waals surface area contributed by atoms with Gasteiger partial charge < -0.3 is 9.80 Å². The minimum absolute atomic E-state index is 0.0913. The fourth-order valence-electron chi connectivity index (χ4n) is 7.33. The van der Waals surface area contributed by atoms with Crippen LogP contribution in [0.4, 0.5) is 26.3 Å². The van der Waals surface area contributed by atoms with Crippen molar-refractivity contribution in [3.8, 4) is 0 Å². The molecule has 1 aliphatic carbocycles. The molecule has 2 aromatic carbocycles. The van der Waals surface area contributed by atoms with E-state index in [1.807, 2.05) is 18.2 Å².